The fourth-order valence-electron chi connectivity index (χ4n) is 3.62. The van der Waals surface area contributed by atoms with E-state index in [1.54, 1.807) is 24.4 Å². The Kier molecular flexibility index (Phi) is 7.30. The van der Waals surface area contributed by atoms with E-state index in [1.165, 1.54) is 18.6 Å². The van der Waals surface area contributed by atoms with Gasteiger partial charge in [-0.05, 0) is 52.1 Å². The molecule has 0 saturated heterocycles. The lowest BCUT2D eigenvalue weighted by Crippen LogP contribution is -2.20. The first-order chi connectivity index (χ1) is 16.6. The number of hydrogen-bond donors (Lipinski definition) is 2. The number of nitrogens with one attached hydrogen (secondary N) is 2. The molecule has 3 aromatic carbocycles. The third kappa shape index (κ3) is 6.29. The Morgan fingerprint density at radius 3 is 2.41 bits per heavy atom. The monoisotopic (exact) mass is 450 g/mol. The van der Waals surface area contributed by atoms with Gasteiger partial charge in [0.1, 0.15) is 0 Å². The first-order valence-corrected chi connectivity index (χ1v) is 11.0. The Labute approximate surface area is 198 Å². The Balaban J connectivity index is 1.37. The van der Waals surface area contributed by atoms with Crippen LogP contribution in [0.15, 0.2) is 97.3 Å². The van der Waals surface area contributed by atoms with E-state index in [0.29, 0.717) is 6.54 Å². The second-order valence-electron chi connectivity index (χ2n) is 7.91. The van der Waals surface area contributed by atoms with Gasteiger partial charge in [-0.2, -0.15) is 5.10 Å². The van der Waals surface area contributed by atoms with Crippen LogP contribution in [0.2, 0.25) is 0 Å². The van der Waals surface area contributed by atoms with Gasteiger partial charge in [0, 0.05) is 37.6 Å². The van der Waals surface area contributed by atoms with Crippen molar-refractivity contribution in [2.24, 2.45) is 0 Å². The molecule has 1 aromatic heterocycles. The minimum atomic E-state index is -0.171. The van der Waals surface area contributed by atoms with Crippen molar-refractivity contribution in [3.8, 4) is 11.1 Å². The highest BCUT2D eigenvalue weighted by Crippen LogP contribution is 2.24. The maximum atomic E-state index is 12.4. The third-order valence-corrected chi connectivity index (χ3v) is 5.30. The third-order valence-electron chi connectivity index (χ3n) is 5.30. The van der Waals surface area contributed by atoms with Crippen molar-refractivity contribution in [1.82, 2.24) is 15.1 Å². The summed E-state index contributed by atoms with van der Waals surface area (Å²) < 4.78 is 1.89. The van der Waals surface area contributed by atoms with E-state index in [4.69, 9.17) is 0 Å². The zero-order chi connectivity index (χ0) is 23.8. The van der Waals surface area contributed by atoms with E-state index in [-0.39, 0.29) is 11.8 Å². The van der Waals surface area contributed by atoms with Gasteiger partial charge in [-0.3, -0.25) is 14.3 Å². The summed E-state index contributed by atoms with van der Waals surface area (Å²) >= 11 is 0. The van der Waals surface area contributed by atoms with Crippen LogP contribution in [-0.2, 0) is 22.7 Å². The number of hydrogen-bond acceptors (Lipinski definition) is 3. The van der Waals surface area contributed by atoms with Crippen molar-refractivity contribution in [2.75, 3.05) is 5.32 Å². The van der Waals surface area contributed by atoms with Crippen LogP contribution in [0.3, 0.4) is 0 Å². The Morgan fingerprint density at radius 1 is 0.941 bits per heavy atom. The van der Waals surface area contributed by atoms with Crippen LogP contribution in [0.25, 0.3) is 17.2 Å². The van der Waals surface area contributed by atoms with Crippen molar-refractivity contribution in [1.29, 1.82) is 0 Å². The first-order valence-electron chi connectivity index (χ1n) is 11.0. The molecule has 0 aliphatic rings. The predicted octanol–water partition coefficient (Wildman–Crippen LogP) is 4.89. The van der Waals surface area contributed by atoms with Gasteiger partial charge in [-0.1, -0.05) is 60.7 Å². The number of rotatable bonds is 8. The molecule has 4 rings (SSSR count). The number of anilines is 1. The number of nitrogens with zero attached hydrogens (tertiary/aromatic N) is 2. The summed E-state index contributed by atoms with van der Waals surface area (Å²) in [4.78, 5) is 23.5. The van der Waals surface area contributed by atoms with E-state index < -0.39 is 0 Å². The molecular formula is C28H26N4O2. The first kappa shape index (κ1) is 22.7. The average molecular weight is 451 g/mol. The fourth-order valence-corrected chi connectivity index (χ4v) is 3.62. The summed E-state index contributed by atoms with van der Waals surface area (Å²) in [5.41, 5.74) is 6.01. The molecule has 0 fully saturated rings. The molecule has 4 aromatic rings. The average Bonchev–Trinajstić information content (AvgIpc) is 3.36. The standard InChI is InChI=1S/C28H26N4O2/c1-21(33)31-26-14-9-22(10-15-26)11-16-28(34)29-19-25-5-2-3-6-27(25)24-12-7-23(8-13-24)20-32-18-4-17-30-32/h2-18H,19-20H2,1H3,(H,29,34)(H,31,33). The molecule has 170 valence electrons. The van der Waals surface area contributed by atoms with Crippen LogP contribution >= 0.6 is 0 Å². The van der Waals surface area contributed by atoms with Crippen LogP contribution < -0.4 is 10.6 Å². The van der Waals surface area contributed by atoms with Gasteiger partial charge in [0.05, 0.1) is 6.54 Å². The normalized spacial score (nSPS) is 10.9. The van der Waals surface area contributed by atoms with Crippen LogP contribution in [0.4, 0.5) is 5.69 Å². The SMILES string of the molecule is CC(=O)Nc1ccc(C=CC(=O)NCc2ccccc2-c2ccc(Cn3cccn3)cc2)cc1. The summed E-state index contributed by atoms with van der Waals surface area (Å²) in [6, 6.07) is 25.7. The highest BCUT2D eigenvalue weighted by Gasteiger charge is 2.06. The molecule has 0 bridgehead atoms. The Hall–Kier alpha value is -4.45. The van der Waals surface area contributed by atoms with E-state index in [1.807, 2.05) is 47.3 Å². The number of amides is 2. The highest BCUT2D eigenvalue weighted by molar-refractivity contribution is 5.92. The topological polar surface area (TPSA) is 76.0 Å². The smallest absolute Gasteiger partial charge is 0.244 e. The minimum absolute atomic E-state index is 0.117. The molecule has 6 heteroatoms. The molecule has 34 heavy (non-hydrogen) atoms. The summed E-state index contributed by atoms with van der Waals surface area (Å²) in [6.07, 6.45) is 6.98. The maximum Gasteiger partial charge on any atom is 0.244 e. The van der Waals surface area contributed by atoms with Gasteiger partial charge in [0.25, 0.3) is 0 Å². The van der Waals surface area contributed by atoms with Crippen molar-refractivity contribution in [3.63, 3.8) is 0 Å². The summed E-state index contributed by atoms with van der Waals surface area (Å²) in [6.45, 7) is 2.62. The van der Waals surface area contributed by atoms with Gasteiger partial charge in [-0.25, -0.2) is 0 Å². The minimum Gasteiger partial charge on any atom is -0.348 e. The molecule has 0 radical (unpaired) electrons. The summed E-state index contributed by atoms with van der Waals surface area (Å²) in [5, 5.41) is 9.94. The van der Waals surface area contributed by atoms with Crippen molar-refractivity contribution in [3.05, 3.63) is 114 Å². The van der Waals surface area contributed by atoms with Gasteiger partial charge >= 0.3 is 0 Å². The zero-order valence-electron chi connectivity index (χ0n) is 18.9. The molecule has 6 nitrogen and oxygen atoms in total. The molecule has 0 spiro atoms. The van der Waals surface area contributed by atoms with E-state index in [9.17, 15) is 9.59 Å². The van der Waals surface area contributed by atoms with E-state index >= 15 is 0 Å². The molecule has 0 atom stereocenters. The predicted molar refractivity (Wildman–Crippen MR) is 135 cm³/mol. The van der Waals surface area contributed by atoms with Crippen LogP contribution in [0.5, 0.6) is 0 Å². The van der Waals surface area contributed by atoms with E-state index in [2.05, 4.69) is 46.1 Å². The van der Waals surface area contributed by atoms with Crippen LogP contribution in [0.1, 0.15) is 23.6 Å². The lowest BCUT2D eigenvalue weighted by atomic mass is 9.98. The van der Waals surface area contributed by atoms with Crippen molar-refractivity contribution >= 4 is 23.6 Å². The summed E-state index contributed by atoms with van der Waals surface area (Å²) in [7, 11) is 0. The van der Waals surface area contributed by atoms with Crippen LogP contribution in [0, 0.1) is 0 Å². The molecule has 2 N–H and O–H groups in total. The van der Waals surface area contributed by atoms with Gasteiger partial charge in [0.2, 0.25) is 11.8 Å². The molecular weight excluding hydrogens is 424 g/mol. The lowest BCUT2D eigenvalue weighted by Gasteiger charge is -2.11. The fraction of sp³-hybridized carbons (Fsp3) is 0.107. The van der Waals surface area contributed by atoms with Crippen molar-refractivity contribution < 1.29 is 9.59 Å². The maximum absolute atomic E-state index is 12.4. The summed E-state index contributed by atoms with van der Waals surface area (Å²) in [5.74, 6) is -0.288. The van der Waals surface area contributed by atoms with E-state index in [0.717, 1.165) is 34.5 Å². The van der Waals surface area contributed by atoms with Gasteiger partial charge in [0.15, 0.2) is 0 Å². The van der Waals surface area contributed by atoms with Crippen LogP contribution in [-0.4, -0.2) is 21.6 Å². The number of carbonyl (C=O) groups is 2. The molecule has 2 amide bonds. The van der Waals surface area contributed by atoms with Gasteiger partial charge < -0.3 is 10.6 Å². The molecule has 0 saturated carbocycles. The second-order valence-corrected chi connectivity index (χ2v) is 7.91. The Bertz CT molecular complexity index is 1280. The highest BCUT2D eigenvalue weighted by atomic mass is 16.2. The molecule has 1 heterocycles. The zero-order valence-corrected chi connectivity index (χ0v) is 18.9. The lowest BCUT2D eigenvalue weighted by molar-refractivity contribution is -0.116. The number of aromatic nitrogens is 2. The number of benzene rings is 3. The molecule has 0 aliphatic carbocycles. The van der Waals surface area contributed by atoms with Gasteiger partial charge in [-0.15, -0.1) is 0 Å². The molecule has 0 aliphatic heterocycles. The molecule has 0 unspecified atom stereocenters. The second kappa shape index (κ2) is 10.9. The quantitative estimate of drug-likeness (QED) is 0.376. The Morgan fingerprint density at radius 2 is 1.71 bits per heavy atom. The largest absolute Gasteiger partial charge is 0.348 e. The number of carbonyl (C=O) groups excluding carboxylic acids is 2. The van der Waals surface area contributed by atoms with Crippen molar-refractivity contribution in [2.45, 2.75) is 20.0 Å².